The standard InChI is InChI=1S/C23H24N2O4/c1-16(2)19-7-3-4-8-20(19)23-17(6-5-9-21(23)25(28)29)10-11-22(27)24-14-12-18(26)13-15-24/h3-11,16H,12-15H2,1-2H3. The largest absolute Gasteiger partial charge is 0.338 e. The van der Waals surface area contributed by atoms with Gasteiger partial charge in [0.15, 0.2) is 0 Å². The van der Waals surface area contributed by atoms with Crippen LogP contribution >= 0.6 is 0 Å². The molecule has 6 heteroatoms. The molecule has 1 heterocycles. The number of amides is 1. The Hall–Kier alpha value is -3.28. The number of hydrogen-bond donors (Lipinski definition) is 0. The molecule has 0 aromatic heterocycles. The first kappa shape index (κ1) is 20.5. The molecule has 0 spiro atoms. The number of rotatable bonds is 5. The smallest absolute Gasteiger partial charge is 0.277 e. The Morgan fingerprint density at radius 1 is 1.10 bits per heavy atom. The molecule has 29 heavy (non-hydrogen) atoms. The fraction of sp³-hybridized carbons (Fsp3) is 0.304. The van der Waals surface area contributed by atoms with E-state index in [4.69, 9.17) is 0 Å². The van der Waals surface area contributed by atoms with Gasteiger partial charge in [0.05, 0.1) is 10.5 Å². The lowest BCUT2D eigenvalue weighted by molar-refractivity contribution is -0.384. The molecule has 0 saturated carbocycles. The summed E-state index contributed by atoms with van der Waals surface area (Å²) in [7, 11) is 0. The third kappa shape index (κ3) is 4.59. The molecule has 2 aromatic carbocycles. The molecular weight excluding hydrogens is 368 g/mol. The summed E-state index contributed by atoms with van der Waals surface area (Å²) in [5, 5.41) is 11.7. The van der Waals surface area contributed by atoms with Crippen LogP contribution in [0.2, 0.25) is 0 Å². The van der Waals surface area contributed by atoms with Crippen LogP contribution < -0.4 is 0 Å². The molecule has 0 radical (unpaired) electrons. The van der Waals surface area contributed by atoms with Gasteiger partial charge < -0.3 is 4.90 Å². The predicted octanol–water partition coefficient (Wildman–Crippen LogP) is 4.59. The summed E-state index contributed by atoms with van der Waals surface area (Å²) in [6.07, 6.45) is 3.83. The van der Waals surface area contributed by atoms with Crippen molar-refractivity contribution in [3.8, 4) is 11.1 Å². The average Bonchev–Trinajstić information content (AvgIpc) is 2.72. The summed E-state index contributed by atoms with van der Waals surface area (Å²) in [6.45, 7) is 4.93. The highest BCUT2D eigenvalue weighted by molar-refractivity contribution is 5.95. The number of nitro groups is 1. The Balaban J connectivity index is 2.02. The second-order valence-corrected chi connectivity index (χ2v) is 7.44. The molecule has 1 aliphatic heterocycles. The lowest BCUT2D eigenvalue weighted by atomic mass is 9.89. The fourth-order valence-corrected chi connectivity index (χ4v) is 3.61. The second kappa shape index (κ2) is 8.82. The van der Waals surface area contributed by atoms with Crippen LogP contribution in [-0.4, -0.2) is 34.6 Å². The Kier molecular flexibility index (Phi) is 6.22. The topological polar surface area (TPSA) is 80.5 Å². The van der Waals surface area contributed by atoms with Gasteiger partial charge in [-0.25, -0.2) is 0 Å². The van der Waals surface area contributed by atoms with E-state index in [1.807, 2.05) is 38.1 Å². The molecule has 0 atom stereocenters. The number of hydrogen-bond acceptors (Lipinski definition) is 4. The number of carbonyl (C=O) groups excluding carboxylic acids is 2. The molecule has 1 saturated heterocycles. The number of nitro benzene ring substituents is 1. The highest BCUT2D eigenvalue weighted by Gasteiger charge is 2.22. The summed E-state index contributed by atoms with van der Waals surface area (Å²) in [5.74, 6) is 0.173. The van der Waals surface area contributed by atoms with Gasteiger partial charge in [-0.05, 0) is 28.7 Å². The van der Waals surface area contributed by atoms with Gasteiger partial charge in [-0.3, -0.25) is 19.7 Å². The molecule has 150 valence electrons. The van der Waals surface area contributed by atoms with Crippen molar-refractivity contribution in [2.75, 3.05) is 13.1 Å². The van der Waals surface area contributed by atoms with Crippen LogP contribution in [0.3, 0.4) is 0 Å². The minimum Gasteiger partial charge on any atom is -0.338 e. The maximum Gasteiger partial charge on any atom is 0.277 e. The first-order valence-electron chi connectivity index (χ1n) is 9.74. The van der Waals surface area contributed by atoms with E-state index in [0.29, 0.717) is 37.1 Å². The molecule has 1 aliphatic rings. The van der Waals surface area contributed by atoms with Gasteiger partial charge in [0, 0.05) is 38.1 Å². The van der Waals surface area contributed by atoms with E-state index in [2.05, 4.69) is 0 Å². The van der Waals surface area contributed by atoms with E-state index >= 15 is 0 Å². The van der Waals surface area contributed by atoms with Gasteiger partial charge in [0.2, 0.25) is 5.91 Å². The first-order chi connectivity index (χ1) is 13.9. The van der Waals surface area contributed by atoms with Gasteiger partial charge in [0.1, 0.15) is 5.78 Å². The molecule has 0 aliphatic carbocycles. The zero-order chi connectivity index (χ0) is 21.0. The van der Waals surface area contributed by atoms with Crippen LogP contribution in [0.25, 0.3) is 17.2 Å². The summed E-state index contributed by atoms with van der Waals surface area (Å²) >= 11 is 0. The SMILES string of the molecule is CC(C)c1ccccc1-c1c(C=CC(=O)N2CCC(=O)CC2)cccc1[N+](=O)[O-]. The molecule has 0 bridgehead atoms. The number of likely N-dealkylation sites (tertiary alicyclic amines) is 1. The quantitative estimate of drug-likeness (QED) is 0.423. The molecule has 1 fully saturated rings. The van der Waals surface area contributed by atoms with E-state index in [9.17, 15) is 19.7 Å². The highest BCUT2D eigenvalue weighted by Crippen LogP contribution is 2.38. The van der Waals surface area contributed by atoms with Crippen molar-refractivity contribution in [3.05, 3.63) is 69.8 Å². The predicted molar refractivity (Wildman–Crippen MR) is 112 cm³/mol. The fourth-order valence-electron chi connectivity index (χ4n) is 3.61. The molecule has 6 nitrogen and oxygen atoms in total. The van der Waals surface area contributed by atoms with Crippen molar-refractivity contribution in [2.45, 2.75) is 32.6 Å². The summed E-state index contributed by atoms with van der Waals surface area (Å²) < 4.78 is 0. The van der Waals surface area contributed by atoms with Crippen molar-refractivity contribution in [1.82, 2.24) is 4.90 Å². The zero-order valence-electron chi connectivity index (χ0n) is 16.6. The lowest BCUT2D eigenvalue weighted by Crippen LogP contribution is -2.37. The van der Waals surface area contributed by atoms with E-state index in [1.54, 1.807) is 23.1 Å². The summed E-state index contributed by atoms with van der Waals surface area (Å²) in [4.78, 5) is 36.9. The minimum atomic E-state index is -0.387. The molecule has 1 amide bonds. The van der Waals surface area contributed by atoms with Crippen LogP contribution in [0.4, 0.5) is 5.69 Å². The number of carbonyl (C=O) groups is 2. The number of ketones is 1. The molecule has 0 unspecified atom stereocenters. The van der Waals surface area contributed by atoms with Gasteiger partial charge in [-0.2, -0.15) is 0 Å². The van der Waals surface area contributed by atoms with Crippen LogP contribution in [-0.2, 0) is 9.59 Å². The molecule has 0 N–H and O–H groups in total. The van der Waals surface area contributed by atoms with Gasteiger partial charge in [-0.15, -0.1) is 0 Å². The average molecular weight is 392 g/mol. The third-order valence-corrected chi connectivity index (χ3v) is 5.16. The number of benzene rings is 2. The Morgan fingerprint density at radius 2 is 1.79 bits per heavy atom. The normalized spacial score (nSPS) is 14.6. The summed E-state index contributed by atoms with van der Waals surface area (Å²) in [6, 6.07) is 12.5. The summed E-state index contributed by atoms with van der Waals surface area (Å²) in [5.41, 5.74) is 2.95. The van der Waals surface area contributed by atoms with Crippen molar-refractivity contribution < 1.29 is 14.5 Å². The Bertz CT molecular complexity index is 969. The molecule has 2 aromatic rings. The van der Waals surface area contributed by atoms with Gasteiger partial charge in [0.25, 0.3) is 5.69 Å². The Labute approximate surface area is 170 Å². The number of nitrogens with zero attached hydrogens (tertiary/aromatic N) is 2. The van der Waals surface area contributed by atoms with E-state index in [-0.39, 0.29) is 28.2 Å². The van der Waals surface area contributed by atoms with Crippen LogP contribution in [0.5, 0.6) is 0 Å². The van der Waals surface area contributed by atoms with Crippen molar-refractivity contribution in [3.63, 3.8) is 0 Å². The van der Waals surface area contributed by atoms with Crippen LogP contribution in [0, 0.1) is 10.1 Å². The monoisotopic (exact) mass is 392 g/mol. The first-order valence-corrected chi connectivity index (χ1v) is 9.74. The minimum absolute atomic E-state index is 0.0104. The van der Waals surface area contributed by atoms with Gasteiger partial charge >= 0.3 is 0 Å². The molecular formula is C23H24N2O4. The van der Waals surface area contributed by atoms with Gasteiger partial charge in [-0.1, -0.05) is 50.2 Å². The number of piperidine rings is 1. The van der Waals surface area contributed by atoms with E-state index < -0.39 is 0 Å². The molecule has 3 rings (SSSR count). The zero-order valence-corrected chi connectivity index (χ0v) is 16.6. The van der Waals surface area contributed by atoms with Crippen LogP contribution in [0.15, 0.2) is 48.5 Å². The van der Waals surface area contributed by atoms with Crippen molar-refractivity contribution >= 4 is 23.5 Å². The second-order valence-electron chi connectivity index (χ2n) is 7.44. The number of Topliss-reactive ketones (excluding diaryl/α,β-unsaturated/α-hetero) is 1. The van der Waals surface area contributed by atoms with Crippen molar-refractivity contribution in [1.29, 1.82) is 0 Å². The maximum absolute atomic E-state index is 12.5. The van der Waals surface area contributed by atoms with Crippen LogP contribution in [0.1, 0.15) is 43.7 Å². The lowest BCUT2D eigenvalue weighted by Gasteiger charge is -2.24. The van der Waals surface area contributed by atoms with E-state index in [0.717, 1.165) is 11.1 Å². The Morgan fingerprint density at radius 3 is 2.45 bits per heavy atom. The third-order valence-electron chi connectivity index (χ3n) is 5.16. The van der Waals surface area contributed by atoms with Crippen molar-refractivity contribution in [2.24, 2.45) is 0 Å². The highest BCUT2D eigenvalue weighted by atomic mass is 16.6. The maximum atomic E-state index is 12.5. The van der Waals surface area contributed by atoms with E-state index in [1.165, 1.54) is 12.1 Å².